The summed E-state index contributed by atoms with van der Waals surface area (Å²) in [5.74, 6) is -4.07. The van der Waals surface area contributed by atoms with E-state index in [2.05, 4.69) is 5.32 Å². The Kier molecular flexibility index (Phi) is 2.70. The Hall–Kier alpha value is -1.63. The van der Waals surface area contributed by atoms with Crippen LogP contribution in [0.15, 0.2) is 0 Å². The average Bonchev–Trinajstić information content (AvgIpc) is 2.46. The molecule has 0 saturated carbocycles. The first-order valence-electron chi connectivity index (χ1n) is 3.95. The first kappa shape index (κ1) is 10.5. The van der Waals surface area contributed by atoms with Crippen LogP contribution in [0, 0.1) is 5.92 Å². The van der Waals surface area contributed by atoms with E-state index in [1.165, 1.54) is 0 Å². The number of nitrogens with one attached hydrogen (secondary N) is 1. The summed E-state index contributed by atoms with van der Waals surface area (Å²) < 4.78 is 0. The Morgan fingerprint density at radius 3 is 2.43 bits per heavy atom. The molecular weight excluding hydrogens is 192 g/mol. The van der Waals surface area contributed by atoms with Gasteiger partial charge in [0.25, 0.3) is 0 Å². The topological polar surface area (TPSA) is 130 Å². The van der Waals surface area contributed by atoms with E-state index in [9.17, 15) is 14.4 Å². The Morgan fingerprint density at radius 1 is 1.50 bits per heavy atom. The predicted octanol–water partition coefficient (Wildman–Crippen LogP) is -2.01. The molecule has 0 aliphatic carbocycles. The van der Waals surface area contributed by atoms with Crippen LogP contribution < -0.4 is 11.1 Å². The molecule has 0 aromatic heterocycles. The number of aliphatic carboxylic acids is 2. The zero-order valence-electron chi connectivity index (χ0n) is 7.14. The van der Waals surface area contributed by atoms with Crippen LogP contribution in [0.3, 0.4) is 0 Å². The lowest BCUT2D eigenvalue weighted by atomic mass is 9.97. The van der Waals surface area contributed by atoms with Crippen LogP contribution in [0.1, 0.15) is 6.42 Å². The lowest BCUT2D eigenvalue weighted by Crippen LogP contribution is -2.41. The molecule has 78 valence electrons. The van der Waals surface area contributed by atoms with Crippen molar-refractivity contribution < 1.29 is 24.6 Å². The van der Waals surface area contributed by atoms with Gasteiger partial charge >= 0.3 is 11.9 Å². The molecule has 0 aromatic rings. The third-order valence-electron chi connectivity index (χ3n) is 2.16. The van der Waals surface area contributed by atoms with Crippen LogP contribution in [0.5, 0.6) is 0 Å². The molecule has 1 saturated heterocycles. The molecule has 0 spiro atoms. The number of carboxylic acid groups (broad SMARTS) is 2. The zero-order chi connectivity index (χ0) is 10.9. The molecule has 7 nitrogen and oxygen atoms in total. The summed E-state index contributed by atoms with van der Waals surface area (Å²) in [7, 11) is 0. The van der Waals surface area contributed by atoms with Crippen LogP contribution in [-0.4, -0.2) is 40.1 Å². The van der Waals surface area contributed by atoms with E-state index < -0.39 is 35.8 Å². The molecule has 1 aliphatic heterocycles. The second-order valence-corrected chi connectivity index (χ2v) is 3.11. The Balaban J connectivity index is 2.70. The number of carbonyl (C=O) groups is 3. The van der Waals surface area contributed by atoms with E-state index in [1.54, 1.807) is 0 Å². The first-order chi connectivity index (χ1) is 6.43. The molecule has 1 heterocycles. The van der Waals surface area contributed by atoms with Gasteiger partial charge in [-0.3, -0.25) is 9.59 Å². The molecule has 0 unspecified atom stereocenters. The summed E-state index contributed by atoms with van der Waals surface area (Å²) >= 11 is 0. The van der Waals surface area contributed by atoms with E-state index in [-0.39, 0.29) is 6.42 Å². The van der Waals surface area contributed by atoms with Gasteiger partial charge in [0.1, 0.15) is 12.1 Å². The summed E-state index contributed by atoms with van der Waals surface area (Å²) in [5, 5.41) is 19.3. The summed E-state index contributed by atoms with van der Waals surface area (Å²) in [6.07, 6.45) is -0.0817. The van der Waals surface area contributed by atoms with Crippen molar-refractivity contribution in [1.29, 1.82) is 0 Å². The second kappa shape index (κ2) is 3.62. The van der Waals surface area contributed by atoms with Crippen molar-refractivity contribution in [2.75, 3.05) is 0 Å². The lowest BCUT2D eigenvalue weighted by molar-refractivity contribution is -0.142. The van der Waals surface area contributed by atoms with Crippen molar-refractivity contribution in [2.24, 2.45) is 11.7 Å². The van der Waals surface area contributed by atoms with E-state index in [1.807, 2.05) is 0 Å². The van der Waals surface area contributed by atoms with E-state index in [0.717, 1.165) is 0 Å². The van der Waals surface area contributed by atoms with E-state index in [0.29, 0.717) is 0 Å². The van der Waals surface area contributed by atoms with Crippen molar-refractivity contribution >= 4 is 17.8 Å². The van der Waals surface area contributed by atoms with Gasteiger partial charge in [0, 0.05) is 0 Å². The van der Waals surface area contributed by atoms with Crippen molar-refractivity contribution in [3.8, 4) is 0 Å². The number of hydrogen-bond acceptors (Lipinski definition) is 4. The van der Waals surface area contributed by atoms with Gasteiger partial charge in [-0.2, -0.15) is 0 Å². The fourth-order valence-corrected chi connectivity index (χ4v) is 1.34. The number of amides is 1. The Bertz CT molecular complexity index is 290. The Labute approximate surface area is 78.9 Å². The maximum atomic E-state index is 11.1. The fourth-order valence-electron chi connectivity index (χ4n) is 1.34. The van der Waals surface area contributed by atoms with Crippen molar-refractivity contribution in [1.82, 2.24) is 5.32 Å². The van der Waals surface area contributed by atoms with Gasteiger partial charge in [0.15, 0.2) is 0 Å². The highest BCUT2D eigenvalue weighted by molar-refractivity contribution is 5.92. The van der Waals surface area contributed by atoms with Crippen molar-refractivity contribution in [2.45, 2.75) is 18.5 Å². The number of carbonyl (C=O) groups excluding carboxylic acids is 1. The van der Waals surface area contributed by atoms with Gasteiger partial charge in [0.05, 0.1) is 5.92 Å². The monoisotopic (exact) mass is 202 g/mol. The van der Waals surface area contributed by atoms with Crippen LogP contribution >= 0.6 is 0 Å². The normalized spacial score (nSPS) is 28.2. The van der Waals surface area contributed by atoms with Gasteiger partial charge in [-0.1, -0.05) is 0 Å². The maximum absolute atomic E-state index is 11.1. The third-order valence-corrected chi connectivity index (χ3v) is 2.16. The highest BCUT2D eigenvalue weighted by atomic mass is 16.4. The minimum Gasteiger partial charge on any atom is -0.480 e. The van der Waals surface area contributed by atoms with E-state index in [4.69, 9.17) is 15.9 Å². The predicted molar refractivity (Wildman–Crippen MR) is 43.3 cm³/mol. The molecule has 5 N–H and O–H groups in total. The zero-order valence-corrected chi connectivity index (χ0v) is 7.14. The molecule has 14 heavy (non-hydrogen) atoms. The van der Waals surface area contributed by atoms with E-state index >= 15 is 0 Å². The smallest absolute Gasteiger partial charge is 0.326 e. The molecule has 7 heteroatoms. The highest BCUT2D eigenvalue weighted by Crippen LogP contribution is 2.18. The van der Waals surface area contributed by atoms with Crippen molar-refractivity contribution in [3.63, 3.8) is 0 Å². The minimum atomic E-state index is -1.35. The van der Waals surface area contributed by atoms with Gasteiger partial charge in [-0.15, -0.1) is 0 Å². The molecular formula is C7H10N2O5. The molecule has 1 aliphatic rings. The highest BCUT2D eigenvalue weighted by Gasteiger charge is 2.41. The van der Waals surface area contributed by atoms with Crippen LogP contribution in [-0.2, 0) is 14.4 Å². The largest absolute Gasteiger partial charge is 0.480 e. The molecule has 3 atom stereocenters. The van der Waals surface area contributed by atoms with Crippen LogP contribution in [0.2, 0.25) is 0 Å². The van der Waals surface area contributed by atoms with Gasteiger partial charge < -0.3 is 21.3 Å². The molecule has 0 aromatic carbocycles. The van der Waals surface area contributed by atoms with Gasteiger partial charge in [-0.25, -0.2) is 4.79 Å². The minimum absolute atomic E-state index is 0.0817. The van der Waals surface area contributed by atoms with Crippen LogP contribution in [0.25, 0.3) is 0 Å². The quantitative estimate of drug-likeness (QED) is 0.418. The Morgan fingerprint density at radius 2 is 2.07 bits per heavy atom. The number of carboxylic acids is 2. The summed E-state index contributed by atoms with van der Waals surface area (Å²) in [5.41, 5.74) is 5.22. The molecule has 1 fully saturated rings. The first-order valence-corrected chi connectivity index (χ1v) is 3.95. The van der Waals surface area contributed by atoms with Gasteiger partial charge in [-0.05, 0) is 6.42 Å². The summed E-state index contributed by atoms with van der Waals surface area (Å²) in [4.78, 5) is 32.1. The fraction of sp³-hybridized carbons (Fsp3) is 0.571. The second-order valence-electron chi connectivity index (χ2n) is 3.11. The average molecular weight is 202 g/mol. The molecule has 1 amide bonds. The van der Waals surface area contributed by atoms with Gasteiger partial charge in [0.2, 0.25) is 5.91 Å². The van der Waals surface area contributed by atoms with Crippen molar-refractivity contribution in [3.05, 3.63) is 0 Å². The molecule has 0 radical (unpaired) electrons. The number of hydrogen-bond donors (Lipinski definition) is 4. The lowest BCUT2D eigenvalue weighted by Gasteiger charge is -2.10. The molecule has 1 rings (SSSR count). The standard InChI is InChI=1S/C7H10N2O5/c8-4(7(13)14)2-1-3(6(11)12)9-5(2)10/h2-4H,1,8H2,(H,9,10)(H,11,12)(H,13,14)/t2-,3+,4-/m1/s1. The maximum Gasteiger partial charge on any atom is 0.326 e. The number of rotatable bonds is 3. The number of nitrogens with two attached hydrogens (primary N) is 1. The summed E-state index contributed by atoms with van der Waals surface area (Å²) in [6, 6.07) is -2.38. The third kappa shape index (κ3) is 1.82. The van der Waals surface area contributed by atoms with Crippen LogP contribution in [0.4, 0.5) is 0 Å². The summed E-state index contributed by atoms with van der Waals surface area (Å²) in [6.45, 7) is 0. The SMILES string of the molecule is N[C@@H](C(=O)O)[C@H]1C[C@@H](C(=O)O)NC1=O. The molecule has 0 bridgehead atoms.